The van der Waals surface area contributed by atoms with Gasteiger partial charge in [0, 0.05) is 11.6 Å². The molecule has 2 aliphatic rings. The lowest BCUT2D eigenvalue weighted by atomic mass is 9.95. The summed E-state index contributed by atoms with van der Waals surface area (Å²) in [7, 11) is -2.24. The zero-order valence-corrected chi connectivity index (χ0v) is 17.5. The molecule has 29 heavy (non-hydrogen) atoms. The predicted octanol–water partition coefficient (Wildman–Crippen LogP) is 3.72. The van der Waals surface area contributed by atoms with Crippen molar-refractivity contribution in [3.05, 3.63) is 53.6 Å². The summed E-state index contributed by atoms with van der Waals surface area (Å²) >= 11 is 0. The van der Waals surface area contributed by atoms with E-state index in [1.165, 1.54) is 38.5 Å². The summed E-state index contributed by atoms with van der Waals surface area (Å²) < 4.78 is 33.2. The van der Waals surface area contributed by atoms with Gasteiger partial charge < -0.3 is 10.1 Å². The molecule has 0 heterocycles. The maximum Gasteiger partial charge on any atom is 0.261 e. The Morgan fingerprint density at radius 1 is 1.07 bits per heavy atom. The Morgan fingerprint density at radius 3 is 2.45 bits per heavy atom. The number of methoxy groups -OCH3 is 1. The molecule has 154 valence electrons. The third-order valence-corrected chi connectivity index (χ3v) is 7.55. The number of aryl methyl sites for hydroxylation is 1. The smallest absolute Gasteiger partial charge is 0.261 e. The number of carbonyl (C=O) groups excluding carboxylic acids is 1. The number of sulfonamides is 1. The molecule has 2 unspecified atom stereocenters. The quantitative estimate of drug-likeness (QED) is 0.754. The third kappa shape index (κ3) is 4.10. The Morgan fingerprint density at radius 2 is 1.83 bits per heavy atom. The molecule has 7 heteroatoms. The zero-order chi connectivity index (χ0) is 20.6. The molecule has 2 bridgehead atoms. The van der Waals surface area contributed by atoms with Crippen molar-refractivity contribution in [1.82, 2.24) is 5.32 Å². The lowest BCUT2D eigenvalue weighted by molar-refractivity contribution is 0.0923. The van der Waals surface area contributed by atoms with Crippen molar-refractivity contribution in [2.45, 2.75) is 43.5 Å². The van der Waals surface area contributed by atoms with Crippen LogP contribution in [0.15, 0.2) is 47.4 Å². The molecule has 4 rings (SSSR count). The highest BCUT2D eigenvalue weighted by atomic mass is 32.2. The van der Waals surface area contributed by atoms with Gasteiger partial charge in [-0.2, -0.15) is 0 Å². The molecule has 0 spiro atoms. The number of ether oxygens (including phenoxy) is 1. The molecular weight excluding hydrogens is 388 g/mol. The highest BCUT2D eigenvalue weighted by Gasteiger charge is 2.40. The van der Waals surface area contributed by atoms with Crippen LogP contribution in [0.2, 0.25) is 0 Å². The molecule has 0 radical (unpaired) electrons. The molecule has 2 aromatic carbocycles. The van der Waals surface area contributed by atoms with Crippen molar-refractivity contribution in [3.8, 4) is 5.75 Å². The number of benzene rings is 2. The van der Waals surface area contributed by atoms with E-state index in [9.17, 15) is 13.2 Å². The van der Waals surface area contributed by atoms with Crippen LogP contribution in [0.3, 0.4) is 0 Å². The summed E-state index contributed by atoms with van der Waals surface area (Å²) in [4.78, 5) is 12.9. The first-order chi connectivity index (χ1) is 13.9. The molecule has 2 aromatic rings. The second-order valence-corrected chi connectivity index (χ2v) is 9.75. The highest BCUT2D eigenvalue weighted by Crippen LogP contribution is 2.44. The molecule has 2 fully saturated rings. The summed E-state index contributed by atoms with van der Waals surface area (Å²) in [6.07, 6.45) is 4.74. The molecule has 3 atom stereocenters. The van der Waals surface area contributed by atoms with Crippen LogP contribution < -0.4 is 14.8 Å². The minimum Gasteiger partial charge on any atom is -0.497 e. The van der Waals surface area contributed by atoms with Crippen LogP contribution in [-0.2, 0) is 10.0 Å². The normalized spacial score (nSPS) is 23.0. The topological polar surface area (TPSA) is 84.5 Å². The second-order valence-electron chi connectivity index (χ2n) is 8.07. The predicted molar refractivity (Wildman–Crippen MR) is 112 cm³/mol. The highest BCUT2D eigenvalue weighted by molar-refractivity contribution is 7.92. The number of hydrogen-bond donors (Lipinski definition) is 2. The fraction of sp³-hybridized carbons (Fsp3) is 0.409. The lowest BCUT2D eigenvalue weighted by Crippen LogP contribution is -2.38. The standard InChI is InChI=1S/C22H26N2O4S/c1-14-3-5-17(22(25)23-21-12-15-4-6-16(21)11-15)13-20(14)24-29(26,27)19-9-7-18(28-2)8-10-19/h3,5,7-10,13,15-16,21,24H,4,6,11-12H2,1-2H3,(H,23,25)/t15?,16?,21-/m1/s1. The Labute approximate surface area is 171 Å². The number of nitrogens with one attached hydrogen (secondary N) is 2. The van der Waals surface area contributed by atoms with Gasteiger partial charge in [0.05, 0.1) is 17.7 Å². The van der Waals surface area contributed by atoms with Gasteiger partial charge in [0.1, 0.15) is 5.75 Å². The fourth-order valence-corrected chi connectivity index (χ4v) is 5.63. The molecule has 0 aromatic heterocycles. The number of hydrogen-bond acceptors (Lipinski definition) is 4. The Hall–Kier alpha value is -2.54. The van der Waals surface area contributed by atoms with Crippen molar-refractivity contribution in [3.63, 3.8) is 0 Å². The average molecular weight is 415 g/mol. The largest absolute Gasteiger partial charge is 0.497 e. The van der Waals surface area contributed by atoms with Crippen LogP contribution >= 0.6 is 0 Å². The summed E-state index contributed by atoms with van der Waals surface area (Å²) in [6, 6.07) is 11.5. The third-order valence-electron chi connectivity index (χ3n) is 6.17. The van der Waals surface area contributed by atoms with Crippen LogP contribution in [0.1, 0.15) is 41.6 Å². The first kappa shape index (κ1) is 19.8. The van der Waals surface area contributed by atoms with Gasteiger partial charge in [-0.15, -0.1) is 0 Å². The second kappa shape index (κ2) is 7.71. The summed E-state index contributed by atoms with van der Waals surface area (Å²) in [6.45, 7) is 1.81. The van der Waals surface area contributed by atoms with E-state index in [0.29, 0.717) is 22.9 Å². The van der Waals surface area contributed by atoms with E-state index < -0.39 is 10.0 Å². The average Bonchev–Trinajstić information content (AvgIpc) is 3.32. The van der Waals surface area contributed by atoms with Crippen molar-refractivity contribution in [2.24, 2.45) is 11.8 Å². The van der Waals surface area contributed by atoms with Crippen LogP contribution in [0.4, 0.5) is 5.69 Å². The first-order valence-electron chi connectivity index (χ1n) is 9.94. The van der Waals surface area contributed by atoms with Crippen LogP contribution in [0.25, 0.3) is 0 Å². The molecule has 6 nitrogen and oxygen atoms in total. The molecule has 2 aliphatic carbocycles. The first-order valence-corrected chi connectivity index (χ1v) is 11.4. The van der Waals surface area contributed by atoms with Gasteiger partial charge in [-0.25, -0.2) is 8.42 Å². The van der Waals surface area contributed by atoms with Crippen molar-refractivity contribution in [1.29, 1.82) is 0 Å². The van der Waals surface area contributed by atoms with Gasteiger partial charge >= 0.3 is 0 Å². The summed E-state index contributed by atoms with van der Waals surface area (Å²) in [5.74, 6) is 1.77. The van der Waals surface area contributed by atoms with Crippen LogP contribution in [-0.4, -0.2) is 27.5 Å². The zero-order valence-electron chi connectivity index (χ0n) is 16.6. The number of rotatable bonds is 6. The Balaban J connectivity index is 1.51. The van der Waals surface area contributed by atoms with Gasteiger partial charge in [-0.1, -0.05) is 12.5 Å². The van der Waals surface area contributed by atoms with E-state index in [-0.39, 0.29) is 16.8 Å². The Kier molecular flexibility index (Phi) is 5.25. The molecule has 1 amide bonds. The van der Waals surface area contributed by atoms with E-state index in [1.807, 2.05) is 6.92 Å². The van der Waals surface area contributed by atoms with E-state index in [4.69, 9.17) is 4.74 Å². The molecule has 0 saturated heterocycles. The van der Waals surface area contributed by atoms with Crippen molar-refractivity contribution < 1.29 is 17.9 Å². The fourth-order valence-electron chi connectivity index (χ4n) is 4.50. The van der Waals surface area contributed by atoms with E-state index >= 15 is 0 Å². The molecule has 2 N–H and O–H groups in total. The van der Waals surface area contributed by atoms with Gasteiger partial charge in [0.15, 0.2) is 0 Å². The van der Waals surface area contributed by atoms with Crippen molar-refractivity contribution >= 4 is 21.6 Å². The van der Waals surface area contributed by atoms with Gasteiger partial charge in [0.2, 0.25) is 0 Å². The summed E-state index contributed by atoms with van der Waals surface area (Å²) in [5, 5.41) is 3.15. The number of anilines is 1. The van der Waals surface area contributed by atoms with Crippen LogP contribution in [0, 0.1) is 18.8 Å². The van der Waals surface area contributed by atoms with Gasteiger partial charge in [-0.3, -0.25) is 9.52 Å². The van der Waals surface area contributed by atoms with E-state index in [1.54, 1.807) is 30.3 Å². The molecule has 2 saturated carbocycles. The molecule has 0 aliphatic heterocycles. The summed E-state index contributed by atoms with van der Waals surface area (Å²) in [5.41, 5.74) is 1.62. The number of amides is 1. The van der Waals surface area contributed by atoms with Crippen molar-refractivity contribution in [2.75, 3.05) is 11.8 Å². The SMILES string of the molecule is COc1ccc(S(=O)(=O)Nc2cc(C(=O)N[C@@H]3CC4CCC3C4)ccc2C)cc1. The van der Waals surface area contributed by atoms with E-state index in [0.717, 1.165) is 17.9 Å². The Bertz CT molecular complexity index is 1020. The minimum atomic E-state index is -3.77. The van der Waals surface area contributed by atoms with Gasteiger partial charge in [0.25, 0.3) is 15.9 Å². The van der Waals surface area contributed by atoms with Crippen LogP contribution in [0.5, 0.6) is 5.75 Å². The van der Waals surface area contributed by atoms with E-state index in [2.05, 4.69) is 10.0 Å². The number of carbonyl (C=O) groups is 1. The van der Waals surface area contributed by atoms with Gasteiger partial charge in [-0.05, 0) is 80.0 Å². The minimum absolute atomic E-state index is 0.134. The molecular formula is C22H26N2O4S. The lowest BCUT2D eigenvalue weighted by Gasteiger charge is -2.23. The maximum atomic E-state index is 12.7. The number of fused-ring (bicyclic) bond motifs is 2. The monoisotopic (exact) mass is 414 g/mol. The maximum absolute atomic E-state index is 12.7.